The molecule has 5 nitrogen and oxygen atoms in total. The van der Waals surface area contributed by atoms with Crippen LogP contribution in [0.3, 0.4) is 0 Å². The van der Waals surface area contributed by atoms with E-state index < -0.39 is 0 Å². The maximum absolute atomic E-state index is 12.1. The van der Waals surface area contributed by atoms with Crippen molar-refractivity contribution in [2.45, 2.75) is 65.3 Å². The Labute approximate surface area is 220 Å². The van der Waals surface area contributed by atoms with Crippen molar-refractivity contribution < 1.29 is 9.53 Å². The Hall–Kier alpha value is -3.60. The third-order valence-electron chi connectivity index (χ3n) is 6.73. The maximum atomic E-state index is 12.1. The minimum Gasteiger partial charge on any atom is -0.493 e. The molecule has 0 aliphatic carbocycles. The zero-order valence-electron chi connectivity index (χ0n) is 22.2. The molecule has 0 aliphatic rings. The first-order chi connectivity index (χ1) is 18.1. The van der Waals surface area contributed by atoms with Gasteiger partial charge in [0.05, 0.1) is 17.6 Å². The Morgan fingerprint density at radius 3 is 2.54 bits per heavy atom. The van der Waals surface area contributed by atoms with Gasteiger partial charge in [0, 0.05) is 25.9 Å². The first-order valence-electron chi connectivity index (χ1n) is 13.5. The van der Waals surface area contributed by atoms with E-state index in [0.29, 0.717) is 13.0 Å². The summed E-state index contributed by atoms with van der Waals surface area (Å²) < 4.78 is 8.41. The van der Waals surface area contributed by atoms with Gasteiger partial charge in [-0.05, 0) is 68.9 Å². The summed E-state index contributed by atoms with van der Waals surface area (Å²) in [6.45, 7) is 6.50. The normalized spacial score (nSPS) is 11.1. The lowest BCUT2D eigenvalue weighted by atomic mass is 10.1. The van der Waals surface area contributed by atoms with E-state index in [4.69, 9.17) is 9.72 Å². The molecular formula is C32H39N3O2. The molecule has 194 valence electrons. The molecule has 1 amide bonds. The van der Waals surface area contributed by atoms with Gasteiger partial charge in [-0.15, -0.1) is 0 Å². The molecule has 0 spiro atoms. The summed E-state index contributed by atoms with van der Waals surface area (Å²) in [5.74, 6) is 2.24. The second-order valence-corrected chi connectivity index (χ2v) is 9.79. The maximum Gasteiger partial charge on any atom is 0.220 e. The van der Waals surface area contributed by atoms with Crippen molar-refractivity contribution in [3.8, 4) is 5.75 Å². The van der Waals surface area contributed by atoms with Gasteiger partial charge in [-0.1, -0.05) is 66.6 Å². The molecular weight excluding hydrogens is 458 g/mol. The first kappa shape index (κ1) is 26.5. The number of carbonyl (C=O) groups excluding carboxylic acids is 1. The summed E-state index contributed by atoms with van der Waals surface area (Å²) in [5.41, 5.74) is 5.89. The Kier molecular flexibility index (Phi) is 9.75. The van der Waals surface area contributed by atoms with Crippen molar-refractivity contribution in [1.29, 1.82) is 0 Å². The van der Waals surface area contributed by atoms with Crippen LogP contribution in [0.1, 0.15) is 54.6 Å². The number of amides is 1. The van der Waals surface area contributed by atoms with E-state index in [9.17, 15) is 4.79 Å². The fourth-order valence-corrected chi connectivity index (χ4v) is 4.74. The number of carbonyl (C=O) groups is 1. The van der Waals surface area contributed by atoms with Crippen molar-refractivity contribution >= 4 is 16.9 Å². The second-order valence-electron chi connectivity index (χ2n) is 9.79. The number of fused-ring (bicyclic) bond motifs is 1. The Bertz CT molecular complexity index is 1280. The number of unbranched alkanes of at least 4 members (excludes halogenated alkanes) is 2. The van der Waals surface area contributed by atoms with Crippen LogP contribution in [-0.2, 0) is 24.2 Å². The van der Waals surface area contributed by atoms with Crippen LogP contribution in [0.2, 0.25) is 0 Å². The summed E-state index contributed by atoms with van der Waals surface area (Å²) in [4.78, 5) is 17.1. The van der Waals surface area contributed by atoms with Crippen molar-refractivity contribution in [2.24, 2.45) is 0 Å². The Morgan fingerprint density at radius 2 is 1.70 bits per heavy atom. The van der Waals surface area contributed by atoms with Gasteiger partial charge in [-0.25, -0.2) is 4.98 Å². The molecule has 0 fully saturated rings. The molecule has 1 aromatic heterocycles. The number of ether oxygens (including phenoxy) is 1. The van der Waals surface area contributed by atoms with E-state index in [1.807, 2.05) is 24.3 Å². The minimum atomic E-state index is 0.133. The molecule has 0 saturated heterocycles. The number of nitrogens with zero attached hydrogens (tertiary/aromatic N) is 2. The van der Waals surface area contributed by atoms with Gasteiger partial charge in [-0.3, -0.25) is 4.79 Å². The Balaban J connectivity index is 1.20. The standard InChI is InChI=1S/C32H39N3O2/c1-25-17-19-30(26(2)24-25)37-23-11-22-35-29-15-9-8-14-28(29)34-31(35)16-7-4-10-21-33-32(36)20-18-27-12-5-3-6-13-27/h3,5-6,8-9,12-15,17,19,24H,4,7,10-11,16,18,20-23H2,1-2H3,(H,33,36). The van der Waals surface area contributed by atoms with E-state index >= 15 is 0 Å². The van der Waals surface area contributed by atoms with Crippen LogP contribution in [-0.4, -0.2) is 28.6 Å². The van der Waals surface area contributed by atoms with Crippen molar-refractivity contribution in [3.63, 3.8) is 0 Å². The van der Waals surface area contributed by atoms with Gasteiger partial charge < -0.3 is 14.6 Å². The van der Waals surface area contributed by atoms with Gasteiger partial charge in [-0.2, -0.15) is 0 Å². The van der Waals surface area contributed by atoms with Crippen LogP contribution < -0.4 is 10.1 Å². The summed E-state index contributed by atoms with van der Waals surface area (Å²) in [7, 11) is 0. The smallest absolute Gasteiger partial charge is 0.220 e. The summed E-state index contributed by atoms with van der Waals surface area (Å²) in [6.07, 6.45) is 6.31. The predicted octanol–water partition coefficient (Wildman–Crippen LogP) is 6.58. The average Bonchev–Trinajstić information content (AvgIpc) is 3.26. The molecule has 0 bridgehead atoms. The number of para-hydroxylation sites is 2. The zero-order valence-corrected chi connectivity index (χ0v) is 22.2. The van der Waals surface area contributed by atoms with Gasteiger partial charge >= 0.3 is 0 Å². The molecule has 5 heteroatoms. The Morgan fingerprint density at radius 1 is 0.892 bits per heavy atom. The second kappa shape index (κ2) is 13.6. The monoisotopic (exact) mass is 497 g/mol. The molecule has 0 atom stereocenters. The highest BCUT2D eigenvalue weighted by molar-refractivity contribution is 5.76. The molecule has 1 N–H and O–H groups in total. The van der Waals surface area contributed by atoms with Crippen molar-refractivity contribution in [3.05, 3.63) is 95.3 Å². The number of aryl methyl sites for hydroxylation is 5. The lowest BCUT2D eigenvalue weighted by Gasteiger charge is -2.12. The molecule has 37 heavy (non-hydrogen) atoms. The van der Waals surface area contributed by atoms with Crippen molar-refractivity contribution in [2.75, 3.05) is 13.2 Å². The molecule has 4 aromatic rings. The summed E-state index contributed by atoms with van der Waals surface area (Å²) in [6, 6.07) is 24.9. The van der Waals surface area contributed by atoms with E-state index in [2.05, 4.69) is 72.3 Å². The third kappa shape index (κ3) is 7.94. The number of aromatic nitrogens is 2. The van der Waals surface area contributed by atoms with E-state index in [-0.39, 0.29) is 5.91 Å². The highest BCUT2D eigenvalue weighted by Crippen LogP contribution is 2.21. The van der Waals surface area contributed by atoms with Gasteiger partial charge in [0.25, 0.3) is 0 Å². The van der Waals surface area contributed by atoms with Crippen LogP contribution in [0.25, 0.3) is 11.0 Å². The van der Waals surface area contributed by atoms with Crippen LogP contribution in [0.4, 0.5) is 0 Å². The molecule has 3 aromatic carbocycles. The molecule has 0 aliphatic heterocycles. The lowest BCUT2D eigenvalue weighted by Crippen LogP contribution is -2.24. The zero-order chi connectivity index (χ0) is 25.9. The number of imidazole rings is 1. The summed E-state index contributed by atoms with van der Waals surface area (Å²) >= 11 is 0. The lowest BCUT2D eigenvalue weighted by molar-refractivity contribution is -0.121. The van der Waals surface area contributed by atoms with Gasteiger partial charge in [0.15, 0.2) is 0 Å². The SMILES string of the molecule is Cc1ccc(OCCCn2c(CCCCCNC(=O)CCc3ccccc3)nc3ccccc32)c(C)c1. The molecule has 1 heterocycles. The largest absolute Gasteiger partial charge is 0.493 e. The van der Waals surface area contributed by atoms with Crippen LogP contribution >= 0.6 is 0 Å². The highest BCUT2D eigenvalue weighted by Gasteiger charge is 2.10. The minimum absolute atomic E-state index is 0.133. The van der Waals surface area contributed by atoms with Crippen LogP contribution in [0.5, 0.6) is 5.75 Å². The number of benzene rings is 3. The fourth-order valence-electron chi connectivity index (χ4n) is 4.74. The fraction of sp³-hybridized carbons (Fsp3) is 0.375. The van der Waals surface area contributed by atoms with Crippen molar-refractivity contribution in [1.82, 2.24) is 14.9 Å². The molecule has 0 unspecified atom stereocenters. The van der Waals surface area contributed by atoms with E-state index in [0.717, 1.165) is 68.7 Å². The van der Waals surface area contributed by atoms with Crippen LogP contribution in [0.15, 0.2) is 72.8 Å². The third-order valence-corrected chi connectivity index (χ3v) is 6.73. The average molecular weight is 498 g/mol. The van der Waals surface area contributed by atoms with E-state index in [1.165, 1.54) is 22.2 Å². The molecule has 4 rings (SSSR count). The summed E-state index contributed by atoms with van der Waals surface area (Å²) in [5, 5.41) is 3.07. The first-order valence-corrected chi connectivity index (χ1v) is 13.5. The number of nitrogens with one attached hydrogen (secondary N) is 1. The molecule has 0 radical (unpaired) electrons. The quantitative estimate of drug-likeness (QED) is 0.200. The predicted molar refractivity (Wildman–Crippen MR) is 151 cm³/mol. The molecule has 0 saturated carbocycles. The highest BCUT2D eigenvalue weighted by atomic mass is 16.5. The number of hydrogen-bond donors (Lipinski definition) is 1. The number of rotatable bonds is 14. The number of hydrogen-bond acceptors (Lipinski definition) is 3. The van der Waals surface area contributed by atoms with Gasteiger partial charge in [0.2, 0.25) is 5.91 Å². The topological polar surface area (TPSA) is 56.1 Å². The van der Waals surface area contributed by atoms with E-state index in [1.54, 1.807) is 0 Å². The van der Waals surface area contributed by atoms with Gasteiger partial charge in [0.1, 0.15) is 11.6 Å². The van der Waals surface area contributed by atoms with Crippen LogP contribution in [0, 0.1) is 13.8 Å².